The SMILES string of the molecule is Cc1ccc(-n2nc(C)c3c2NC(=O)C[C@H]3C(=O)c2ccc3ccccc3c2)c(C)c1. The van der Waals surface area contributed by atoms with E-state index in [1.165, 1.54) is 0 Å². The number of carbonyl (C=O) groups is 2. The third-order valence-corrected chi connectivity index (χ3v) is 6.03. The number of aromatic nitrogens is 2. The molecule has 31 heavy (non-hydrogen) atoms. The number of hydrogen-bond acceptors (Lipinski definition) is 3. The summed E-state index contributed by atoms with van der Waals surface area (Å²) in [5.41, 5.74) is 5.29. The highest BCUT2D eigenvalue weighted by molar-refractivity contribution is 6.09. The fourth-order valence-corrected chi connectivity index (χ4v) is 4.53. The van der Waals surface area contributed by atoms with Crippen LogP contribution in [-0.2, 0) is 4.79 Å². The second kappa shape index (κ2) is 7.20. The number of hydrogen-bond donors (Lipinski definition) is 1. The molecular formula is C26H23N3O2. The van der Waals surface area contributed by atoms with Gasteiger partial charge in [0.1, 0.15) is 5.82 Å². The first-order valence-corrected chi connectivity index (χ1v) is 10.4. The van der Waals surface area contributed by atoms with Crippen LogP contribution in [0.3, 0.4) is 0 Å². The minimum Gasteiger partial charge on any atom is -0.310 e. The van der Waals surface area contributed by atoms with Crippen molar-refractivity contribution in [2.75, 3.05) is 5.32 Å². The van der Waals surface area contributed by atoms with Gasteiger partial charge in [0.2, 0.25) is 5.91 Å². The van der Waals surface area contributed by atoms with E-state index in [-0.39, 0.29) is 18.1 Å². The van der Waals surface area contributed by atoms with E-state index in [4.69, 9.17) is 5.10 Å². The van der Waals surface area contributed by atoms with Crippen LogP contribution in [0.5, 0.6) is 0 Å². The monoisotopic (exact) mass is 409 g/mol. The molecule has 1 aromatic heterocycles. The molecule has 1 atom stereocenters. The highest BCUT2D eigenvalue weighted by Gasteiger charge is 2.36. The molecule has 0 saturated carbocycles. The van der Waals surface area contributed by atoms with Gasteiger partial charge in [0, 0.05) is 17.5 Å². The van der Waals surface area contributed by atoms with E-state index in [1.807, 2.05) is 75.4 Å². The summed E-state index contributed by atoms with van der Waals surface area (Å²) in [6, 6.07) is 19.8. The molecule has 0 aliphatic carbocycles. The summed E-state index contributed by atoms with van der Waals surface area (Å²) >= 11 is 0. The molecule has 0 fully saturated rings. The molecule has 1 amide bonds. The summed E-state index contributed by atoms with van der Waals surface area (Å²) in [4.78, 5) is 26.2. The van der Waals surface area contributed by atoms with Gasteiger partial charge in [0.15, 0.2) is 5.78 Å². The van der Waals surface area contributed by atoms with Crippen LogP contribution < -0.4 is 5.32 Å². The maximum atomic E-state index is 13.5. The number of benzene rings is 3. The van der Waals surface area contributed by atoms with Crippen molar-refractivity contribution in [1.82, 2.24) is 9.78 Å². The maximum Gasteiger partial charge on any atom is 0.226 e. The number of anilines is 1. The summed E-state index contributed by atoms with van der Waals surface area (Å²) in [5.74, 6) is -0.174. The van der Waals surface area contributed by atoms with E-state index in [1.54, 1.807) is 4.68 Å². The smallest absolute Gasteiger partial charge is 0.226 e. The molecule has 3 aromatic carbocycles. The van der Waals surface area contributed by atoms with Crippen LogP contribution in [0.1, 0.15) is 45.1 Å². The third-order valence-electron chi connectivity index (χ3n) is 6.03. The normalized spacial score (nSPS) is 15.6. The molecular weight excluding hydrogens is 386 g/mol. The topological polar surface area (TPSA) is 64.0 Å². The lowest BCUT2D eigenvalue weighted by molar-refractivity contribution is -0.116. The minimum atomic E-state index is -0.551. The molecule has 0 bridgehead atoms. The van der Waals surface area contributed by atoms with Crippen molar-refractivity contribution in [1.29, 1.82) is 0 Å². The number of Topliss-reactive ketones (excluding diaryl/α,β-unsaturated/α-hetero) is 1. The summed E-state index contributed by atoms with van der Waals surface area (Å²) in [6.07, 6.45) is 0.123. The Morgan fingerprint density at radius 1 is 1.00 bits per heavy atom. The van der Waals surface area contributed by atoms with Crippen LogP contribution in [0.2, 0.25) is 0 Å². The summed E-state index contributed by atoms with van der Waals surface area (Å²) in [5, 5.41) is 9.77. The lowest BCUT2D eigenvalue weighted by Crippen LogP contribution is -2.28. The summed E-state index contributed by atoms with van der Waals surface area (Å²) in [7, 11) is 0. The van der Waals surface area contributed by atoms with Crippen molar-refractivity contribution >= 4 is 28.3 Å². The van der Waals surface area contributed by atoms with Gasteiger partial charge in [0.25, 0.3) is 0 Å². The van der Waals surface area contributed by atoms with Crippen LogP contribution in [0.15, 0.2) is 60.7 Å². The van der Waals surface area contributed by atoms with Crippen LogP contribution in [-0.4, -0.2) is 21.5 Å². The molecule has 1 N–H and O–H groups in total. The van der Waals surface area contributed by atoms with E-state index in [0.29, 0.717) is 11.4 Å². The van der Waals surface area contributed by atoms with Crippen LogP contribution in [0.4, 0.5) is 5.82 Å². The first-order valence-electron chi connectivity index (χ1n) is 10.4. The molecule has 0 saturated heterocycles. The Morgan fingerprint density at radius 3 is 2.55 bits per heavy atom. The zero-order chi connectivity index (χ0) is 21.7. The van der Waals surface area contributed by atoms with Crippen molar-refractivity contribution in [2.24, 2.45) is 0 Å². The van der Waals surface area contributed by atoms with E-state index in [0.717, 1.165) is 38.8 Å². The molecule has 5 nitrogen and oxygen atoms in total. The van der Waals surface area contributed by atoms with Gasteiger partial charge in [-0.1, -0.05) is 54.1 Å². The zero-order valence-electron chi connectivity index (χ0n) is 17.8. The predicted octanol–water partition coefficient (Wildman–Crippen LogP) is 5.26. The van der Waals surface area contributed by atoms with Crippen LogP contribution in [0, 0.1) is 20.8 Å². The quantitative estimate of drug-likeness (QED) is 0.470. The maximum absolute atomic E-state index is 13.5. The average Bonchev–Trinajstić information content (AvgIpc) is 3.08. The first-order chi connectivity index (χ1) is 14.9. The van der Waals surface area contributed by atoms with Gasteiger partial charge >= 0.3 is 0 Å². The number of amides is 1. The fraction of sp³-hybridized carbons (Fsp3) is 0.192. The Hall–Kier alpha value is -3.73. The Morgan fingerprint density at radius 2 is 1.77 bits per heavy atom. The Balaban J connectivity index is 1.62. The zero-order valence-corrected chi connectivity index (χ0v) is 17.8. The number of carbonyl (C=O) groups excluding carboxylic acids is 2. The lowest BCUT2D eigenvalue weighted by atomic mass is 9.85. The second-order valence-corrected chi connectivity index (χ2v) is 8.28. The Bertz CT molecular complexity index is 1370. The highest BCUT2D eigenvalue weighted by atomic mass is 16.2. The molecule has 0 spiro atoms. The fourth-order valence-electron chi connectivity index (χ4n) is 4.53. The number of rotatable bonds is 3. The Kier molecular flexibility index (Phi) is 4.47. The van der Waals surface area contributed by atoms with Crippen molar-refractivity contribution in [3.05, 3.63) is 88.6 Å². The number of fused-ring (bicyclic) bond motifs is 2. The van der Waals surface area contributed by atoms with Gasteiger partial charge in [-0.3, -0.25) is 9.59 Å². The molecule has 154 valence electrons. The molecule has 1 aliphatic heterocycles. The lowest BCUT2D eigenvalue weighted by Gasteiger charge is -2.23. The van der Waals surface area contributed by atoms with Gasteiger partial charge in [-0.05, 0) is 49.2 Å². The summed E-state index contributed by atoms with van der Waals surface area (Å²) < 4.78 is 1.76. The number of aryl methyl sites for hydroxylation is 3. The third kappa shape index (κ3) is 3.22. The van der Waals surface area contributed by atoms with E-state index in [2.05, 4.69) is 11.4 Å². The van der Waals surface area contributed by atoms with E-state index < -0.39 is 5.92 Å². The van der Waals surface area contributed by atoms with Crippen molar-refractivity contribution in [2.45, 2.75) is 33.1 Å². The molecule has 2 heterocycles. The van der Waals surface area contributed by atoms with Gasteiger partial charge in [-0.15, -0.1) is 0 Å². The standard InChI is InChI=1S/C26H23N3O2/c1-15-8-11-22(16(2)12-15)29-26-24(17(3)28-29)21(14-23(30)27-26)25(31)20-10-9-18-6-4-5-7-19(18)13-20/h4-13,21H,14H2,1-3H3,(H,27,30)/t21-/m1/s1. The van der Waals surface area contributed by atoms with E-state index >= 15 is 0 Å². The minimum absolute atomic E-state index is 0.0508. The van der Waals surface area contributed by atoms with Crippen LogP contribution >= 0.6 is 0 Å². The molecule has 4 aromatic rings. The average molecular weight is 409 g/mol. The predicted molar refractivity (Wildman–Crippen MR) is 122 cm³/mol. The molecule has 1 aliphatic rings. The molecule has 5 rings (SSSR count). The number of nitrogens with zero attached hydrogens (tertiary/aromatic N) is 2. The first kappa shape index (κ1) is 19.2. The Labute approximate surface area is 180 Å². The molecule has 5 heteroatoms. The van der Waals surface area contributed by atoms with Gasteiger partial charge in [-0.25, -0.2) is 4.68 Å². The van der Waals surface area contributed by atoms with E-state index in [9.17, 15) is 9.59 Å². The molecule has 0 radical (unpaired) electrons. The van der Waals surface area contributed by atoms with Crippen molar-refractivity contribution < 1.29 is 9.59 Å². The van der Waals surface area contributed by atoms with Crippen molar-refractivity contribution in [3.8, 4) is 5.69 Å². The van der Waals surface area contributed by atoms with Crippen molar-refractivity contribution in [3.63, 3.8) is 0 Å². The largest absolute Gasteiger partial charge is 0.310 e. The number of ketones is 1. The number of nitrogens with one attached hydrogen (secondary N) is 1. The van der Waals surface area contributed by atoms with Crippen LogP contribution in [0.25, 0.3) is 16.5 Å². The van der Waals surface area contributed by atoms with Gasteiger partial charge < -0.3 is 5.32 Å². The van der Waals surface area contributed by atoms with Gasteiger partial charge in [-0.2, -0.15) is 5.10 Å². The van der Waals surface area contributed by atoms with Gasteiger partial charge in [0.05, 0.1) is 17.3 Å². The molecule has 0 unspecified atom stereocenters. The summed E-state index contributed by atoms with van der Waals surface area (Å²) in [6.45, 7) is 5.96. The highest BCUT2D eigenvalue weighted by Crippen LogP contribution is 2.39. The second-order valence-electron chi connectivity index (χ2n) is 8.28.